The van der Waals surface area contributed by atoms with E-state index in [9.17, 15) is 4.79 Å². The monoisotopic (exact) mass is 336 g/mol. The molecule has 0 aromatic carbocycles. The summed E-state index contributed by atoms with van der Waals surface area (Å²) in [5.74, 6) is 0.737. The zero-order valence-electron chi connectivity index (χ0n) is 14.0. The standard InChI is InChI=1S/C18H20N6O/c1-14-16-4-2-8-22(16)10-11-23(14)18(25)20-13-15-5-7-19-17(12-15)24-9-3-6-21-24/h2-9,12,14H,10-11,13H2,1H3,(H,20,25)/t14-/m0/s1. The van der Waals surface area contributed by atoms with Crippen LogP contribution in [0.1, 0.15) is 24.2 Å². The van der Waals surface area contributed by atoms with Crippen molar-refractivity contribution in [3.8, 4) is 5.82 Å². The number of nitrogens with zero attached hydrogens (tertiary/aromatic N) is 5. The molecule has 0 saturated carbocycles. The predicted molar refractivity (Wildman–Crippen MR) is 93.1 cm³/mol. The zero-order chi connectivity index (χ0) is 17.2. The van der Waals surface area contributed by atoms with Crippen molar-refractivity contribution < 1.29 is 4.79 Å². The van der Waals surface area contributed by atoms with Crippen molar-refractivity contribution in [3.05, 3.63) is 66.4 Å². The smallest absolute Gasteiger partial charge is 0.318 e. The van der Waals surface area contributed by atoms with E-state index in [-0.39, 0.29) is 12.1 Å². The van der Waals surface area contributed by atoms with Crippen LogP contribution in [0, 0.1) is 0 Å². The third kappa shape index (κ3) is 3.00. The Morgan fingerprint density at radius 3 is 3.00 bits per heavy atom. The lowest BCUT2D eigenvalue weighted by Crippen LogP contribution is -2.45. The minimum Gasteiger partial charge on any atom is -0.348 e. The first-order valence-electron chi connectivity index (χ1n) is 8.37. The van der Waals surface area contributed by atoms with E-state index in [1.54, 1.807) is 17.1 Å². The Kier molecular flexibility index (Phi) is 3.97. The summed E-state index contributed by atoms with van der Waals surface area (Å²) >= 11 is 0. The molecular weight excluding hydrogens is 316 g/mol. The van der Waals surface area contributed by atoms with Crippen LogP contribution in [0.15, 0.2) is 55.1 Å². The summed E-state index contributed by atoms with van der Waals surface area (Å²) in [6.07, 6.45) is 7.35. The maximum absolute atomic E-state index is 12.6. The number of pyridine rings is 1. The van der Waals surface area contributed by atoms with Crippen LogP contribution in [0.5, 0.6) is 0 Å². The molecule has 0 fully saturated rings. The summed E-state index contributed by atoms with van der Waals surface area (Å²) in [6, 6.07) is 9.81. The maximum Gasteiger partial charge on any atom is 0.318 e. The summed E-state index contributed by atoms with van der Waals surface area (Å²) in [5.41, 5.74) is 2.16. The SMILES string of the molecule is C[C@H]1c2cccn2CCN1C(=O)NCc1ccnc(-n2cccn2)c1. The Hall–Kier alpha value is -3.09. The van der Waals surface area contributed by atoms with Crippen LogP contribution in [0.25, 0.3) is 5.82 Å². The predicted octanol–water partition coefficient (Wildman–Crippen LogP) is 2.36. The number of urea groups is 1. The van der Waals surface area contributed by atoms with Crippen molar-refractivity contribution >= 4 is 6.03 Å². The largest absolute Gasteiger partial charge is 0.348 e. The van der Waals surface area contributed by atoms with Crippen LogP contribution in [-0.2, 0) is 13.1 Å². The fraction of sp³-hybridized carbons (Fsp3) is 0.278. The Bertz CT molecular complexity index is 869. The molecule has 25 heavy (non-hydrogen) atoms. The molecule has 0 bridgehead atoms. The molecule has 4 heterocycles. The highest BCUT2D eigenvalue weighted by Crippen LogP contribution is 2.25. The normalized spacial score (nSPS) is 16.5. The Morgan fingerprint density at radius 2 is 2.16 bits per heavy atom. The third-order valence-corrected chi connectivity index (χ3v) is 4.60. The second kappa shape index (κ2) is 6.43. The molecule has 1 aliphatic heterocycles. The summed E-state index contributed by atoms with van der Waals surface area (Å²) in [6.45, 7) is 4.06. The summed E-state index contributed by atoms with van der Waals surface area (Å²) in [5, 5.41) is 7.19. The molecule has 7 heteroatoms. The maximum atomic E-state index is 12.6. The lowest BCUT2D eigenvalue weighted by Gasteiger charge is -2.34. The molecule has 3 aromatic heterocycles. The van der Waals surface area contributed by atoms with Gasteiger partial charge in [-0.15, -0.1) is 0 Å². The molecule has 1 atom stereocenters. The van der Waals surface area contributed by atoms with E-state index in [4.69, 9.17) is 0 Å². The van der Waals surface area contributed by atoms with Gasteiger partial charge in [0.25, 0.3) is 0 Å². The van der Waals surface area contributed by atoms with Gasteiger partial charge in [-0.3, -0.25) is 0 Å². The van der Waals surface area contributed by atoms with Crippen LogP contribution < -0.4 is 5.32 Å². The topological polar surface area (TPSA) is 68.0 Å². The van der Waals surface area contributed by atoms with E-state index in [1.807, 2.05) is 35.4 Å². The van der Waals surface area contributed by atoms with Gasteiger partial charge < -0.3 is 14.8 Å². The average molecular weight is 336 g/mol. The molecule has 3 aromatic rings. The van der Waals surface area contributed by atoms with Gasteiger partial charge in [-0.25, -0.2) is 14.5 Å². The second-order valence-electron chi connectivity index (χ2n) is 6.13. The van der Waals surface area contributed by atoms with Crippen LogP contribution >= 0.6 is 0 Å². The first kappa shape index (κ1) is 15.4. The number of hydrogen-bond donors (Lipinski definition) is 1. The van der Waals surface area contributed by atoms with E-state index in [0.29, 0.717) is 13.1 Å². The molecular formula is C18H20N6O. The average Bonchev–Trinajstić information content (AvgIpc) is 3.32. The Balaban J connectivity index is 1.42. The lowest BCUT2D eigenvalue weighted by molar-refractivity contribution is 0.162. The molecule has 4 rings (SSSR count). The van der Waals surface area contributed by atoms with Crippen LogP contribution in [-0.4, -0.2) is 36.8 Å². The van der Waals surface area contributed by atoms with Gasteiger partial charge in [0, 0.05) is 50.1 Å². The molecule has 128 valence electrons. The number of hydrogen-bond acceptors (Lipinski definition) is 3. The van der Waals surface area contributed by atoms with E-state index >= 15 is 0 Å². The Labute approximate surface area is 145 Å². The van der Waals surface area contributed by atoms with E-state index < -0.39 is 0 Å². The van der Waals surface area contributed by atoms with Gasteiger partial charge in [0.15, 0.2) is 5.82 Å². The van der Waals surface area contributed by atoms with Crippen molar-refractivity contribution in [1.82, 2.24) is 29.5 Å². The third-order valence-electron chi connectivity index (χ3n) is 4.60. The van der Waals surface area contributed by atoms with Gasteiger partial charge in [0.2, 0.25) is 0 Å². The van der Waals surface area contributed by atoms with Gasteiger partial charge >= 0.3 is 6.03 Å². The quantitative estimate of drug-likeness (QED) is 0.798. The number of carbonyl (C=O) groups is 1. The number of nitrogens with one attached hydrogen (secondary N) is 1. The highest BCUT2D eigenvalue weighted by atomic mass is 16.2. The van der Waals surface area contributed by atoms with Crippen LogP contribution in [0.3, 0.4) is 0 Å². The summed E-state index contributed by atoms with van der Waals surface area (Å²) in [7, 11) is 0. The van der Waals surface area contributed by atoms with Crippen molar-refractivity contribution in [2.75, 3.05) is 6.54 Å². The van der Waals surface area contributed by atoms with E-state index in [0.717, 1.165) is 17.9 Å². The number of fused-ring (bicyclic) bond motifs is 1. The highest BCUT2D eigenvalue weighted by Gasteiger charge is 2.27. The zero-order valence-corrected chi connectivity index (χ0v) is 14.0. The summed E-state index contributed by atoms with van der Waals surface area (Å²) < 4.78 is 3.90. The molecule has 1 N–H and O–H groups in total. The molecule has 7 nitrogen and oxygen atoms in total. The second-order valence-corrected chi connectivity index (χ2v) is 6.13. The van der Waals surface area contributed by atoms with Crippen molar-refractivity contribution in [3.63, 3.8) is 0 Å². The van der Waals surface area contributed by atoms with Gasteiger partial charge in [-0.05, 0) is 42.8 Å². The summed E-state index contributed by atoms with van der Waals surface area (Å²) in [4.78, 5) is 18.8. The Morgan fingerprint density at radius 1 is 1.24 bits per heavy atom. The number of carbonyl (C=O) groups excluding carboxylic acids is 1. The van der Waals surface area contributed by atoms with Gasteiger partial charge in [-0.2, -0.15) is 5.10 Å². The minimum absolute atomic E-state index is 0.0441. The van der Waals surface area contributed by atoms with Gasteiger partial charge in [0.1, 0.15) is 0 Å². The van der Waals surface area contributed by atoms with E-state index in [1.165, 1.54) is 5.69 Å². The minimum atomic E-state index is -0.0441. The molecule has 0 aliphatic carbocycles. The number of aromatic nitrogens is 4. The van der Waals surface area contributed by atoms with Gasteiger partial charge in [0.05, 0.1) is 6.04 Å². The molecule has 2 amide bonds. The van der Waals surface area contributed by atoms with E-state index in [2.05, 4.69) is 39.2 Å². The first-order chi connectivity index (χ1) is 12.2. The highest BCUT2D eigenvalue weighted by molar-refractivity contribution is 5.74. The molecule has 1 aliphatic rings. The molecule has 0 unspecified atom stereocenters. The van der Waals surface area contributed by atoms with Crippen LogP contribution in [0.4, 0.5) is 4.79 Å². The molecule has 0 spiro atoms. The lowest BCUT2D eigenvalue weighted by atomic mass is 10.1. The molecule has 0 radical (unpaired) electrons. The van der Waals surface area contributed by atoms with Gasteiger partial charge in [-0.1, -0.05) is 0 Å². The first-order valence-corrected chi connectivity index (χ1v) is 8.37. The van der Waals surface area contributed by atoms with Crippen molar-refractivity contribution in [2.45, 2.75) is 26.1 Å². The number of amides is 2. The fourth-order valence-electron chi connectivity index (χ4n) is 3.24. The molecule has 0 saturated heterocycles. The van der Waals surface area contributed by atoms with Crippen molar-refractivity contribution in [1.29, 1.82) is 0 Å². The van der Waals surface area contributed by atoms with Crippen molar-refractivity contribution in [2.24, 2.45) is 0 Å². The fourth-order valence-corrected chi connectivity index (χ4v) is 3.24. The van der Waals surface area contributed by atoms with Crippen LogP contribution in [0.2, 0.25) is 0 Å². The number of rotatable bonds is 3.